The first-order chi connectivity index (χ1) is 14.5. The normalized spacial score (nSPS) is 13.9. The summed E-state index contributed by atoms with van der Waals surface area (Å²) in [6.45, 7) is -0.0622. The average molecular weight is 410 g/mol. The molecule has 2 amide bonds. The quantitative estimate of drug-likeness (QED) is 0.623. The van der Waals surface area contributed by atoms with Crippen LogP contribution in [0.15, 0.2) is 71.0 Å². The Kier molecular flexibility index (Phi) is 5.05. The number of halogens is 2. The van der Waals surface area contributed by atoms with Crippen LogP contribution >= 0.6 is 0 Å². The van der Waals surface area contributed by atoms with Gasteiger partial charge in [0.25, 0.3) is 11.8 Å². The van der Waals surface area contributed by atoms with E-state index >= 15 is 0 Å². The minimum Gasteiger partial charge on any atom is -0.497 e. The monoisotopic (exact) mass is 410 g/mol. The van der Waals surface area contributed by atoms with E-state index in [1.807, 2.05) is 0 Å². The number of furan rings is 1. The lowest BCUT2D eigenvalue weighted by Gasteiger charge is -2.13. The SMILES string of the molecule is COc1ccc(C2=C(Nc3ccc(F)c(F)c3)C(=O)N(Cc3ccco3)C2=O)cc1. The molecule has 0 saturated carbocycles. The van der Waals surface area contributed by atoms with Crippen LogP contribution in [0.2, 0.25) is 0 Å². The molecular formula is C22H16F2N2O4. The number of benzene rings is 2. The molecule has 0 spiro atoms. The highest BCUT2D eigenvalue weighted by Gasteiger charge is 2.39. The van der Waals surface area contributed by atoms with Crippen LogP contribution < -0.4 is 10.1 Å². The molecule has 0 radical (unpaired) electrons. The van der Waals surface area contributed by atoms with Gasteiger partial charge in [-0.05, 0) is 42.0 Å². The first-order valence-electron chi connectivity index (χ1n) is 8.97. The van der Waals surface area contributed by atoms with Gasteiger partial charge in [0.2, 0.25) is 0 Å². The van der Waals surface area contributed by atoms with Crippen LogP contribution in [0.1, 0.15) is 11.3 Å². The number of nitrogens with zero attached hydrogens (tertiary/aromatic N) is 1. The first-order valence-corrected chi connectivity index (χ1v) is 8.97. The molecule has 1 aliphatic heterocycles. The molecule has 4 rings (SSSR count). The van der Waals surface area contributed by atoms with Crippen LogP contribution in [0, 0.1) is 11.6 Å². The summed E-state index contributed by atoms with van der Waals surface area (Å²) in [5.41, 5.74) is 0.679. The lowest BCUT2D eigenvalue weighted by molar-refractivity contribution is -0.137. The molecule has 0 unspecified atom stereocenters. The van der Waals surface area contributed by atoms with Crippen LogP contribution in [0.5, 0.6) is 5.75 Å². The predicted molar refractivity (Wildman–Crippen MR) is 104 cm³/mol. The van der Waals surface area contributed by atoms with Crippen molar-refractivity contribution in [3.8, 4) is 5.75 Å². The number of hydrogen-bond donors (Lipinski definition) is 1. The Labute approximate surface area is 170 Å². The number of imide groups is 1. The number of ether oxygens (including phenoxy) is 1. The molecule has 0 saturated heterocycles. The molecule has 3 aromatic rings. The highest BCUT2D eigenvalue weighted by atomic mass is 19.2. The molecule has 8 heteroatoms. The summed E-state index contributed by atoms with van der Waals surface area (Å²) in [4.78, 5) is 27.2. The van der Waals surface area contributed by atoms with Crippen LogP contribution in [0.3, 0.4) is 0 Å². The van der Waals surface area contributed by atoms with Crippen molar-refractivity contribution in [2.45, 2.75) is 6.54 Å². The maximum Gasteiger partial charge on any atom is 0.278 e. The summed E-state index contributed by atoms with van der Waals surface area (Å²) in [5.74, 6) is -2.22. The topological polar surface area (TPSA) is 71.8 Å². The zero-order valence-electron chi connectivity index (χ0n) is 15.8. The Morgan fingerprint density at radius 3 is 2.40 bits per heavy atom. The third-order valence-corrected chi connectivity index (χ3v) is 4.63. The number of carbonyl (C=O) groups is 2. The smallest absolute Gasteiger partial charge is 0.278 e. The van der Waals surface area contributed by atoms with Crippen molar-refractivity contribution in [2.24, 2.45) is 0 Å². The van der Waals surface area contributed by atoms with Gasteiger partial charge in [0.1, 0.15) is 17.2 Å². The molecule has 1 N–H and O–H groups in total. The zero-order chi connectivity index (χ0) is 21.3. The third-order valence-electron chi connectivity index (χ3n) is 4.63. The van der Waals surface area contributed by atoms with E-state index in [0.717, 1.165) is 17.0 Å². The Morgan fingerprint density at radius 1 is 1.00 bits per heavy atom. The van der Waals surface area contributed by atoms with E-state index in [0.29, 0.717) is 17.1 Å². The largest absolute Gasteiger partial charge is 0.497 e. The van der Waals surface area contributed by atoms with Crippen molar-refractivity contribution in [1.82, 2.24) is 4.90 Å². The van der Waals surface area contributed by atoms with E-state index in [1.165, 1.54) is 19.4 Å². The van der Waals surface area contributed by atoms with Gasteiger partial charge in [-0.2, -0.15) is 0 Å². The van der Waals surface area contributed by atoms with E-state index < -0.39 is 23.4 Å². The molecule has 6 nitrogen and oxygen atoms in total. The van der Waals surface area contributed by atoms with Crippen LogP contribution in [0.4, 0.5) is 14.5 Å². The predicted octanol–water partition coefficient (Wildman–Crippen LogP) is 3.96. The summed E-state index contributed by atoms with van der Waals surface area (Å²) in [5, 5.41) is 2.77. The van der Waals surface area contributed by atoms with Gasteiger partial charge in [-0.25, -0.2) is 8.78 Å². The number of methoxy groups -OCH3 is 1. The van der Waals surface area contributed by atoms with Gasteiger partial charge in [0.05, 0.1) is 25.5 Å². The molecule has 2 aromatic carbocycles. The minimum absolute atomic E-state index is 0.0391. The maximum absolute atomic E-state index is 13.6. The molecule has 0 bridgehead atoms. The number of anilines is 1. The van der Waals surface area contributed by atoms with E-state index in [-0.39, 0.29) is 23.5 Å². The Bertz CT molecular complexity index is 1140. The van der Waals surface area contributed by atoms with Crippen molar-refractivity contribution in [3.05, 3.63) is 89.5 Å². The zero-order valence-corrected chi connectivity index (χ0v) is 15.8. The number of nitrogens with one attached hydrogen (secondary N) is 1. The van der Waals surface area contributed by atoms with Gasteiger partial charge in [-0.1, -0.05) is 12.1 Å². The number of hydrogen-bond acceptors (Lipinski definition) is 5. The molecule has 0 atom stereocenters. The summed E-state index contributed by atoms with van der Waals surface area (Å²) in [7, 11) is 1.51. The maximum atomic E-state index is 13.6. The first kappa shape index (κ1) is 19.4. The molecule has 152 valence electrons. The number of carbonyl (C=O) groups excluding carboxylic acids is 2. The van der Waals surface area contributed by atoms with E-state index in [1.54, 1.807) is 36.4 Å². The number of rotatable bonds is 6. The fourth-order valence-electron chi connectivity index (χ4n) is 3.14. The molecule has 0 fully saturated rings. The molecule has 2 heterocycles. The summed E-state index contributed by atoms with van der Waals surface area (Å²) in [6.07, 6.45) is 1.44. The van der Waals surface area contributed by atoms with Crippen molar-refractivity contribution < 1.29 is 27.5 Å². The summed E-state index contributed by atoms with van der Waals surface area (Å²) in [6, 6.07) is 13.0. The van der Waals surface area contributed by atoms with Crippen LogP contribution in [0.25, 0.3) is 5.57 Å². The van der Waals surface area contributed by atoms with Crippen molar-refractivity contribution in [3.63, 3.8) is 0 Å². The van der Waals surface area contributed by atoms with Crippen molar-refractivity contribution >= 4 is 23.1 Å². The van der Waals surface area contributed by atoms with Gasteiger partial charge >= 0.3 is 0 Å². The second kappa shape index (κ2) is 7.82. The van der Waals surface area contributed by atoms with Gasteiger partial charge < -0.3 is 14.5 Å². The lowest BCUT2D eigenvalue weighted by Crippen LogP contribution is -2.31. The number of amides is 2. The highest BCUT2D eigenvalue weighted by Crippen LogP contribution is 2.32. The molecule has 30 heavy (non-hydrogen) atoms. The molecule has 1 aliphatic rings. The van der Waals surface area contributed by atoms with E-state index in [9.17, 15) is 18.4 Å². The third kappa shape index (κ3) is 3.55. The fourth-order valence-corrected chi connectivity index (χ4v) is 3.14. The van der Waals surface area contributed by atoms with Crippen molar-refractivity contribution in [1.29, 1.82) is 0 Å². The molecule has 1 aromatic heterocycles. The lowest BCUT2D eigenvalue weighted by atomic mass is 10.0. The summed E-state index contributed by atoms with van der Waals surface area (Å²) >= 11 is 0. The minimum atomic E-state index is -1.07. The average Bonchev–Trinajstić information content (AvgIpc) is 3.34. The van der Waals surface area contributed by atoms with Crippen molar-refractivity contribution in [2.75, 3.05) is 12.4 Å². The van der Waals surface area contributed by atoms with Gasteiger partial charge in [-0.15, -0.1) is 0 Å². The van der Waals surface area contributed by atoms with E-state index in [2.05, 4.69) is 5.32 Å². The van der Waals surface area contributed by atoms with Crippen LogP contribution in [-0.2, 0) is 16.1 Å². The van der Waals surface area contributed by atoms with Gasteiger partial charge in [0.15, 0.2) is 11.6 Å². The van der Waals surface area contributed by atoms with Gasteiger partial charge in [-0.3, -0.25) is 14.5 Å². The molecular weight excluding hydrogens is 394 g/mol. The standard InChI is InChI=1S/C22H16F2N2O4/c1-29-15-7-4-13(5-8-15)19-20(25-14-6-9-17(23)18(24)11-14)22(28)26(21(19)27)12-16-3-2-10-30-16/h2-11,25H,12H2,1H3. The van der Waals surface area contributed by atoms with E-state index in [4.69, 9.17) is 9.15 Å². The second-order valence-corrected chi connectivity index (χ2v) is 6.51. The highest BCUT2D eigenvalue weighted by molar-refractivity contribution is 6.36. The second-order valence-electron chi connectivity index (χ2n) is 6.51. The Hall–Kier alpha value is -3.94. The van der Waals surface area contributed by atoms with Crippen LogP contribution in [-0.4, -0.2) is 23.8 Å². The Morgan fingerprint density at radius 2 is 1.77 bits per heavy atom. The van der Waals surface area contributed by atoms with Gasteiger partial charge in [0, 0.05) is 11.8 Å². The molecule has 0 aliphatic carbocycles. The summed E-state index contributed by atoms with van der Waals surface area (Å²) < 4.78 is 37.3. The fraction of sp³-hybridized carbons (Fsp3) is 0.0909. The Balaban J connectivity index is 1.75.